The molecule has 1 aliphatic heterocycles. The van der Waals surface area contributed by atoms with Gasteiger partial charge < -0.3 is 15.0 Å². The van der Waals surface area contributed by atoms with Gasteiger partial charge in [-0.2, -0.15) is 0 Å². The highest BCUT2D eigenvalue weighted by molar-refractivity contribution is 5.52. The molecule has 0 radical (unpaired) electrons. The summed E-state index contributed by atoms with van der Waals surface area (Å²) in [4.78, 5) is 2.39. The minimum atomic E-state index is 0.241. The van der Waals surface area contributed by atoms with Gasteiger partial charge in [-0.3, -0.25) is 0 Å². The molecule has 1 N–H and O–H groups in total. The molecule has 112 valence electrons. The summed E-state index contributed by atoms with van der Waals surface area (Å²) in [5.74, 6) is 0. The number of benzene rings is 1. The van der Waals surface area contributed by atoms with Crippen LogP contribution in [-0.4, -0.2) is 39.9 Å². The van der Waals surface area contributed by atoms with Crippen molar-refractivity contribution in [2.45, 2.75) is 26.7 Å². The molecule has 1 aromatic rings. The second-order valence-electron chi connectivity index (χ2n) is 6.08. The summed E-state index contributed by atoms with van der Waals surface area (Å²) in [5.41, 5.74) is 2.91. The van der Waals surface area contributed by atoms with Crippen LogP contribution in [-0.2, 0) is 4.74 Å². The lowest BCUT2D eigenvalue weighted by molar-refractivity contribution is -0.00249. The van der Waals surface area contributed by atoms with Crippen LogP contribution in [0.25, 0.3) is 0 Å². The van der Waals surface area contributed by atoms with Crippen molar-refractivity contribution in [1.29, 1.82) is 0 Å². The second-order valence-corrected chi connectivity index (χ2v) is 6.08. The van der Waals surface area contributed by atoms with Gasteiger partial charge in [-0.25, -0.2) is 0 Å². The van der Waals surface area contributed by atoms with Gasteiger partial charge in [0.1, 0.15) is 0 Å². The van der Waals surface area contributed by atoms with E-state index in [9.17, 15) is 0 Å². The number of para-hydroxylation sites is 1. The van der Waals surface area contributed by atoms with Crippen molar-refractivity contribution in [3.05, 3.63) is 29.8 Å². The molecule has 3 nitrogen and oxygen atoms in total. The van der Waals surface area contributed by atoms with E-state index in [-0.39, 0.29) is 5.41 Å². The van der Waals surface area contributed by atoms with Crippen LogP contribution in [0.15, 0.2) is 24.3 Å². The molecule has 0 spiro atoms. The summed E-state index contributed by atoms with van der Waals surface area (Å²) in [6.07, 6.45) is 2.42. The molecule has 20 heavy (non-hydrogen) atoms. The van der Waals surface area contributed by atoms with E-state index >= 15 is 0 Å². The zero-order valence-electron chi connectivity index (χ0n) is 13.1. The maximum absolute atomic E-state index is 5.78. The Hall–Kier alpha value is -1.06. The van der Waals surface area contributed by atoms with Crippen LogP contribution in [0.4, 0.5) is 5.69 Å². The first kappa shape index (κ1) is 15.3. The first-order valence-corrected chi connectivity index (χ1v) is 7.72. The molecule has 0 aliphatic carbocycles. The molecule has 1 atom stereocenters. The Kier molecular flexibility index (Phi) is 5.44. The van der Waals surface area contributed by atoms with E-state index in [2.05, 4.69) is 55.4 Å². The third-order valence-corrected chi connectivity index (χ3v) is 4.25. The van der Waals surface area contributed by atoms with Crippen LogP contribution in [0.1, 0.15) is 25.3 Å². The molecule has 0 amide bonds. The van der Waals surface area contributed by atoms with E-state index in [1.807, 2.05) is 0 Å². The zero-order valence-corrected chi connectivity index (χ0v) is 13.1. The number of nitrogens with zero attached hydrogens (tertiary/aromatic N) is 1. The summed E-state index contributed by atoms with van der Waals surface area (Å²) < 4.78 is 5.78. The first-order chi connectivity index (χ1) is 9.67. The normalized spacial score (nSPS) is 22.8. The quantitative estimate of drug-likeness (QED) is 0.864. The molecular formula is C17H28N2O. The van der Waals surface area contributed by atoms with Crippen LogP contribution < -0.4 is 10.2 Å². The van der Waals surface area contributed by atoms with Gasteiger partial charge in [0.05, 0.1) is 6.61 Å². The van der Waals surface area contributed by atoms with E-state index in [1.165, 1.54) is 24.1 Å². The van der Waals surface area contributed by atoms with Crippen LogP contribution in [0.2, 0.25) is 0 Å². The highest BCUT2D eigenvalue weighted by atomic mass is 16.5. The van der Waals surface area contributed by atoms with Crippen molar-refractivity contribution in [3.63, 3.8) is 0 Å². The molecule has 3 heteroatoms. The Morgan fingerprint density at radius 2 is 2.15 bits per heavy atom. The zero-order chi connectivity index (χ0) is 14.4. The van der Waals surface area contributed by atoms with Gasteiger partial charge in [0.2, 0.25) is 0 Å². The maximum atomic E-state index is 5.78. The van der Waals surface area contributed by atoms with Gasteiger partial charge in [0.15, 0.2) is 0 Å². The van der Waals surface area contributed by atoms with Crippen molar-refractivity contribution in [1.82, 2.24) is 5.32 Å². The van der Waals surface area contributed by atoms with Gasteiger partial charge in [-0.15, -0.1) is 0 Å². The summed E-state index contributed by atoms with van der Waals surface area (Å²) in [7, 11) is 2.20. The van der Waals surface area contributed by atoms with Gasteiger partial charge >= 0.3 is 0 Å². The van der Waals surface area contributed by atoms with E-state index in [0.717, 1.165) is 32.8 Å². The summed E-state index contributed by atoms with van der Waals surface area (Å²) in [6, 6.07) is 8.61. The summed E-state index contributed by atoms with van der Waals surface area (Å²) in [6.45, 7) is 9.25. The fourth-order valence-corrected chi connectivity index (χ4v) is 3.20. The Balaban J connectivity index is 2.08. The Bertz CT molecular complexity index is 413. The lowest BCUT2D eigenvalue weighted by Crippen LogP contribution is -2.48. The standard InChI is InChI=1S/C17H28N2O/c1-4-18-12-17(10-7-11-20-14-17)13-19(3)16-9-6-5-8-15(16)2/h5-6,8-9,18H,4,7,10-14H2,1-3H3. The third kappa shape index (κ3) is 3.74. The molecule has 0 saturated carbocycles. The van der Waals surface area contributed by atoms with Crippen LogP contribution in [0.3, 0.4) is 0 Å². The number of hydrogen-bond acceptors (Lipinski definition) is 3. The number of nitrogens with one attached hydrogen (secondary N) is 1. The van der Waals surface area contributed by atoms with E-state index in [1.54, 1.807) is 0 Å². The van der Waals surface area contributed by atoms with Crippen LogP contribution in [0.5, 0.6) is 0 Å². The van der Waals surface area contributed by atoms with Crippen LogP contribution in [0, 0.1) is 12.3 Å². The largest absolute Gasteiger partial charge is 0.381 e. The number of hydrogen-bond donors (Lipinski definition) is 1. The molecule has 1 saturated heterocycles. The van der Waals surface area contributed by atoms with Gasteiger partial charge in [-0.05, 0) is 37.9 Å². The van der Waals surface area contributed by atoms with Gasteiger partial charge in [0, 0.05) is 37.8 Å². The molecule has 2 rings (SSSR count). The monoisotopic (exact) mass is 276 g/mol. The van der Waals surface area contributed by atoms with E-state index in [4.69, 9.17) is 4.74 Å². The van der Waals surface area contributed by atoms with E-state index in [0.29, 0.717) is 0 Å². The summed E-state index contributed by atoms with van der Waals surface area (Å²) >= 11 is 0. The van der Waals surface area contributed by atoms with Gasteiger partial charge in [-0.1, -0.05) is 25.1 Å². The third-order valence-electron chi connectivity index (χ3n) is 4.25. The Morgan fingerprint density at radius 1 is 1.35 bits per heavy atom. The Morgan fingerprint density at radius 3 is 2.80 bits per heavy atom. The van der Waals surface area contributed by atoms with Gasteiger partial charge in [0.25, 0.3) is 0 Å². The molecule has 1 fully saturated rings. The topological polar surface area (TPSA) is 24.5 Å². The molecule has 1 aliphatic rings. The lowest BCUT2D eigenvalue weighted by atomic mass is 9.81. The molecule has 0 aromatic heterocycles. The predicted molar refractivity (Wildman–Crippen MR) is 85.5 cm³/mol. The highest BCUT2D eigenvalue weighted by Gasteiger charge is 2.34. The highest BCUT2D eigenvalue weighted by Crippen LogP contribution is 2.31. The average molecular weight is 276 g/mol. The fourth-order valence-electron chi connectivity index (χ4n) is 3.20. The molecule has 0 bridgehead atoms. The molecule has 1 unspecified atom stereocenters. The SMILES string of the molecule is CCNCC1(CN(C)c2ccccc2C)CCCOC1. The molecule has 1 aromatic carbocycles. The Labute approximate surface area is 123 Å². The molecule has 1 heterocycles. The smallest absolute Gasteiger partial charge is 0.0551 e. The van der Waals surface area contributed by atoms with Crippen molar-refractivity contribution in [2.75, 3.05) is 44.8 Å². The number of aryl methyl sites for hydroxylation is 1. The minimum absolute atomic E-state index is 0.241. The van der Waals surface area contributed by atoms with Crippen molar-refractivity contribution < 1.29 is 4.74 Å². The fraction of sp³-hybridized carbons (Fsp3) is 0.647. The number of rotatable bonds is 6. The first-order valence-electron chi connectivity index (χ1n) is 7.72. The minimum Gasteiger partial charge on any atom is -0.381 e. The van der Waals surface area contributed by atoms with Crippen LogP contribution >= 0.6 is 0 Å². The summed E-state index contributed by atoms with van der Waals surface area (Å²) in [5, 5.41) is 3.52. The van der Waals surface area contributed by atoms with Crippen molar-refractivity contribution in [2.24, 2.45) is 5.41 Å². The predicted octanol–water partition coefficient (Wildman–Crippen LogP) is 2.84. The van der Waals surface area contributed by atoms with Crippen molar-refractivity contribution >= 4 is 5.69 Å². The van der Waals surface area contributed by atoms with Crippen molar-refractivity contribution in [3.8, 4) is 0 Å². The van der Waals surface area contributed by atoms with E-state index < -0.39 is 0 Å². The number of anilines is 1. The number of ether oxygens (including phenoxy) is 1. The lowest BCUT2D eigenvalue weighted by Gasteiger charge is -2.41. The maximum Gasteiger partial charge on any atom is 0.0551 e. The second kappa shape index (κ2) is 7.09. The average Bonchev–Trinajstić information content (AvgIpc) is 2.46. The molecular weight excluding hydrogens is 248 g/mol.